The molecule has 1 saturated heterocycles. The summed E-state index contributed by atoms with van der Waals surface area (Å²) in [4.78, 5) is 35.4. The summed E-state index contributed by atoms with van der Waals surface area (Å²) in [5.41, 5.74) is 0.111. The fourth-order valence-corrected chi connectivity index (χ4v) is 2.96. The first-order valence-electron chi connectivity index (χ1n) is 8.05. The minimum Gasteiger partial charge on any atom is -0.356 e. The molecule has 8 nitrogen and oxygen atoms in total. The van der Waals surface area contributed by atoms with Crippen LogP contribution in [0.3, 0.4) is 0 Å². The summed E-state index contributed by atoms with van der Waals surface area (Å²) in [5, 5.41) is 16.4. The van der Waals surface area contributed by atoms with Gasteiger partial charge in [-0.25, -0.2) is 0 Å². The lowest BCUT2D eigenvalue weighted by atomic mass is 9.97. The lowest BCUT2D eigenvalue weighted by molar-refractivity contribution is -0.384. The van der Waals surface area contributed by atoms with Crippen LogP contribution in [-0.4, -0.2) is 47.8 Å². The molecular formula is C16H21ClN4O4. The molecule has 1 aromatic rings. The number of likely N-dealkylation sites (tertiary alicyclic amines) is 1. The van der Waals surface area contributed by atoms with Gasteiger partial charge >= 0.3 is 0 Å². The van der Waals surface area contributed by atoms with Crippen molar-refractivity contribution in [1.82, 2.24) is 10.2 Å². The van der Waals surface area contributed by atoms with Crippen molar-refractivity contribution in [3.63, 3.8) is 0 Å². The highest BCUT2D eigenvalue weighted by atomic mass is 35.5. The molecule has 0 saturated carbocycles. The number of piperidine rings is 1. The van der Waals surface area contributed by atoms with Crippen molar-refractivity contribution in [2.45, 2.75) is 19.8 Å². The third-order valence-corrected chi connectivity index (χ3v) is 4.46. The first-order valence-corrected chi connectivity index (χ1v) is 8.43. The number of carbonyl (C=O) groups is 2. The largest absolute Gasteiger partial charge is 0.356 e. The second-order valence-corrected chi connectivity index (χ2v) is 6.54. The second kappa shape index (κ2) is 8.77. The Morgan fingerprint density at radius 2 is 2.04 bits per heavy atom. The Hall–Kier alpha value is -2.19. The smallest absolute Gasteiger partial charge is 0.289 e. The van der Waals surface area contributed by atoms with Gasteiger partial charge in [0, 0.05) is 25.2 Å². The van der Waals surface area contributed by atoms with Gasteiger partial charge in [0.25, 0.3) is 5.69 Å². The van der Waals surface area contributed by atoms with Gasteiger partial charge in [0.05, 0.1) is 11.5 Å². The number of halogens is 1. The number of amides is 2. The number of nitrogens with zero attached hydrogens (tertiary/aromatic N) is 2. The van der Waals surface area contributed by atoms with Gasteiger partial charge in [-0.05, 0) is 44.0 Å². The average Bonchev–Trinajstić information content (AvgIpc) is 2.55. The molecule has 0 spiro atoms. The van der Waals surface area contributed by atoms with E-state index in [-0.39, 0.29) is 29.1 Å². The van der Waals surface area contributed by atoms with Crippen molar-refractivity contribution >= 4 is 34.8 Å². The van der Waals surface area contributed by atoms with E-state index in [9.17, 15) is 19.7 Å². The maximum absolute atomic E-state index is 12.1. The molecule has 25 heavy (non-hydrogen) atoms. The van der Waals surface area contributed by atoms with Gasteiger partial charge in [0.15, 0.2) is 0 Å². The lowest BCUT2D eigenvalue weighted by Crippen LogP contribution is -2.41. The fourth-order valence-electron chi connectivity index (χ4n) is 2.77. The van der Waals surface area contributed by atoms with Gasteiger partial charge in [0.1, 0.15) is 5.02 Å². The Balaban J connectivity index is 1.81. The summed E-state index contributed by atoms with van der Waals surface area (Å²) < 4.78 is 0. The summed E-state index contributed by atoms with van der Waals surface area (Å²) in [5.74, 6) is 0.179. The maximum Gasteiger partial charge on any atom is 0.289 e. The molecule has 0 bridgehead atoms. The molecule has 1 aliphatic heterocycles. The average molecular weight is 369 g/mol. The highest BCUT2D eigenvalue weighted by molar-refractivity contribution is 6.32. The molecule has 1 fully saturated rings. The zero-order valence-corrected chi connectivity index (χ0v) is 14.7. The molecule has 0 atom stereocenters. The predicted octanol–water partition coefficient (Wildman–Crippen LogP) is 2.03. The van der Waals surface area contributed by atoms with Crippen molar-refractivity contribution in [3.8, 4) is 0 Å². The first kappa shape index (κ1) is 19.1. The molecule has 0 radical (unpaired) electrons. The maximum atomic E-state index is 12.1. The number of nitro groups is 1. The Labute approximate surface area is 150 Å². The van der Waals surface area contributed by atoms with E-state index in [1.165, 1.54) is 25.1 Å². The van der Waals surface area contributed by atoms with Crippen molar-refractivity contribution in [2.24, 2.45) is 5.92 Å². The number of rotatable bonds is 6. The summed E-state index contributed by atoms with van der Waals surface area (Å²) in [7, 11) is 0. The lowest BCUT2D eigenvalue weighted by Gasteiger charge is -2.31. The Bertz CT molecular complexity index is 660. The molecular weight excluding hydrogens is 348 g/mol. The Morgan fingerprint density at radius 1 is 1.36 bits per heavy atom. The monoisotopic (exact) mass is 368 g/mol. The van der Waals surface area contributed by atoms with Gasteiger partial charge in [-0.2, -0.15) is 0 Å². The SMILES string of the molecule is CC(=O)NCC1CCN(CC(=O)Nc2ccc(Cl)c([N+](=O)[O-])c2)CC1. The van der Waals surface area contributed by atoms with Crippen molar-refractivity contribution in [3.05, 3.63) is 33.3 Å². The summed E-state index contributed by atoms with van der Waals surface area (Å²) >= 11 is 5.75. The third kappa shape index (κ3) is 5.99. The van der Waals surface area contributed by atoms with Crippen LogP contribution in [0.1, 0.15) is 19.8 Å². The van der Waals surface area contributed by atoms with Crippen LogP contribution in [0.2, 0.25) is 5.02 Å². The molecule has 2 amide bonds. The number of nitrogens with one attached hydrogen (secondary N) is 2. The molecule has 2 N–H and O–H groups in total. The highest BCUT2D eigenvalue weighted by Gasteiger charge is 2.21. The molecule has 9 heteroatoms. The van der Waals surface area contributed by atoms with E-state index in [0.29, 0.717) is 18.2 Å². The molecule has 1 aromatic carbocycles. The minimum atomic E-state index is -0.585. The fraction of sp³-hybridized carbons (Fsp3) is 0.500. The molecule has 1 aliphatic rings. The van der Waals surface area contributed by atoms with E-state index in [0.717, 1.165) is 25.9 Å². The third-order valence-electron chi connectivity index (χ3n) is 4.14. The van der Waals surface area contributed by atoms with E-state index in [4.69, 9.17) is 11.6 Å². The zero-order valence-electron chi connectivity index (χ0n) is 14.0. The molecule has 136 valence electrons. The van der Waals surface area contributed by atoms with Crippen LogP contribution in [0.15, 0.2) is 18.2 Å². The Morgan fingerprint density at radius 3 is 2.64 bits per heavy atom. The van der Waals surface area contributed by atoms with E-state index >= 15 is 0 Å². The molecule has 1 heterocycles. The number of nitro benzene ring substituents is 1. The van der Waals surface area contributed by atoms with Gasteiger partial charge < -0.3 is 10.6 Å². The first-order chi connectivity index (χ1) is 11.8. The number of benzene rings is 1. The van der Waals surface area contributed by atoms with Gasteiger partial charge in [-0.1, -0.05) is 11.6 Å². The van der Waals surface area contributed by atoms with E-state index < -0.39 is 4.92 Å². The summed E-state index contributed by atoms with van der Waals surface area (Å²) in [6, 6.07) is 4.18. The summed E-state index contributed by atoms with van der Waals surface area (Å²) in [6.45, 7) is 3.95. The predicted molar refractivity (Wildman–Crippen MR) is 94.6 cm³/mol. The van der Waals surface area contributed by atoms with Gasteiger partial charge in [-0.15, -0.1) is 0 Å². The van der Waals surface area contributed by atoms with Gasteiger partial charge in [0.2, 0.25) is 11.8 Å². The topological polar surface area (TPSA) is 105 Å². The van der Waals surface area contributed by atoms with Crippen molar-refractivity contribution in [2.75, 3.05) is 31.5 Å². The molecule has 2 rings (SSSR count). The Kier molecular flexibility index (Phi) is 6.72. The standard InChI is InChI=1S/C16H21ClN4O4/c1-11(22)18-9-12-4-6-20(7-5-12)10-16(23)19-13-2-3-14(17)15(8-13)21(24)25/h2-3,8,12H,4-7,9-10H2,1H3,(H,18,22)(H,19,23). The number of hydrogen-bond acceptors (Lipinski definition) is 5. The van der Waals surface area contributed by atoms with Crippen LogP contribution in [0.25, 0.3) is 0 Å². The van der Waals surface area contributed by atoms with Crippen molar-refractivity contribution in [1.29, 1.82) is 0 Å². The highest BCUT2D eigenvalue weighted by Crippen LogP contribution is 2.27. The van der Waals surface area contributed by atoms with Crippen LogP contribution in [0, 0.1) is 16.0 Å². The normalized spacial score (nSPS) is 15.6. The van der Waals surface area contributed by atoms with Crippen LogP contribution in [-0.2, 0) is 9.59 Å². The van der Waals surface area contributed by atoms with E-state index in [1.54, 1.807) is 0 Å². The van der Waals surface area contributed by atoms with Crippen LogP contribution in [0.4, 0.5) is 11.4 Å². The van der Waals surface area contributed by atoms with Crippen LogP contribution in [0.5, 0.6) is 0 Å². The summed E-state index contributed by atoms with van der Waals surface area (Å²) in [6.07, 6.45) is 1.83. The number of anilines is 1. The van der Waals surface area contributed by atoms with Gasteiger partial charge in [-0.3, -0.25) is 24.6 Å². The van der Waals surface area contributed by atoms with E-state index in [2.05, 4.69) is 10.6 Å². The molecule has 0 aliphatic carbocycles. The molecule has 0 unspecified atom stereocenters. The quantitative estimate of drug-likeness (QED) is 0.590. The number of carbonyl (C=O) groups excluding carboxylic acids is 2. The second-order valence-electron chi connectivity index (χ2n) is 6.13. The van der Waals surface area contributed by atoms with Crippen molar-refractivity contribution < 1.29 is 14.5 Å². The van der Waals surface area contributed by atoms with E-state index in [1.807, 2.05) is 4.90 Å². The molecule has 0 aromatic heterocycles. The zero-order chi connectivity index (χ0) is 18.4. The number of hydrogen-bond donors (Lipinski definition) is 2. The van der Waals surface area contributed by atoms with Crippen LogP contribution < -0.4 is 10.6 Å². The van der Waals surface area contributed by atoms with Crippen LogP contribution >= 0.6 is 11.6 Å². The minimum absolute atomic E-state index is 0.0288.